The molecule has 1 unspecified atom stereocenters. The van der Waals surface area contributed by atoms with Gasteiger partial charge in [0.25, 0.3) is 0 Å². The normalized spacial score (nSPS) is 12.2. The minimum Gasteiger partial charge on any atom is -0.493 e. The Labute approximate surface area is 117 Å². The van der Waals surface area contributed by atoms with E-state index >= 15 is 0 Å². The van der Waals surface area contributed by atoms with Crippen LogP contribution < -0.4 is 15.2 Å². The zero-order valence-corrected chi connectivity index (χ0v) is 11.9. The average molecular weight is 277 g/mol. The Hall–Kier alpha value is -2.15. The van der Waals surface area contributed by atoms with Crippen molar-refractivity contribution in [3.8, 4) is 11.5 Å². The topological polar surface area (TPSA) is 88.1 Å². The average Bonchev–Trinajstić information content (AvgIpc) is 2.82. The molecule has 1 aromatic carbocycles. The number of benzene rings is 1. The van der Waals surface area contributed by atoms with Crippen molar-refractivity contribution in [3.63, 3.8) is 0 Å². The van der Waals surface area contributed by atoms with E-state index in [0.717, 1.165) is 5.56 Å². The van der Waals surface area contributed by atoms with E-state index in [2.05, 4.69) is 15.4 Å². The van der Waals surface area contributed by atoms with Crippen LogP contribution >= 0.6 is 0 Å². The molecule has 0 aliphatic carbocycles. The number of ether oxygens (including phenoxy) is 2. The van der Waals surface area contributed by atoms with E-state index in [4.69, 9.17) is 15.2 Å². The van der Waals surface area contributed by atoms with Crippen LogP contribution in [-0.4, -0.2) is 33.4 Å². The molecule has 7 nitrogen and oxygen atoms in total. The van der Waals surface area contributed by atoms with Crippen molar-refractivity contribution in [2.45, 2.75) is 26.0 Å². The Kier molecular flexibility index (Phi) is 4.52. The third-order valence-electron chi connectivity index (χ3n) is 2.72. The Morgan fingerprint density at radius 3 is 2.80 bits per heavy atom. The second-order valence-electron chi connectivity index (χ2n) is 4.61. The maximum Gasteiger partial charge on any atom is 0.212 e. The SMILES string of the molecule is COc1cccc(CC(C)N)c1OCc1nnn(C)n1. The van der Waals surface area contributed by atoms with Gasteiger partial charge in [0, 0.05) is 6.04 Å². The predicted molar refractivity (Wildman–Crippen MR) is 73.5 cm³/mol. The summed E-state index contributed by atoms with van der Waals surface area (Å²) in [6, 6.07) is 5.79. The van der Waals surface area contributed by atoms with Crippen LogP contribution in [0.5, 0.6) is 11.5 Å². The van der Waals surface area contributed by atoms with Gasteiger partial charge in [-0.2, -0.15) is 4.80 Å². The molecule has 1 atom stereocenters. The zero-order valence-electron chi connectivity index (χ0n) is 11.9. The first kappa shape index (κ1) is 14.3. The minimum absolute atomic E-state index is 0.0408. The number of rotatable bonds is 6. The molecule has 2 rings (SSSR count). The molecule has 0 bridgehead atoms. The molecule has 2 N–H and O–H groups in total. The van der Waals surface area contributed by atoms with E-state index in [1.807, 2.05) is 25.1 Å². The highest BCUT2D eigenvalue weighted by Gasteiger charge is 2.13. The first-order valence-electron chi connectivity index (χ1n) is 6.37. The summed E-state index contributed by atoms with van der Waals surface area (Å²) in [6.45, 7) is 2.19. The van der Waals surface area contributed by atoms with E-state index < -0.39 is 0 Å². The van der Waals surface area contributed by atoms with Crippen molar-refractivity contribution < 1.29 is 9.47 Å². The van der Waals surface area contributed by atoms with Gasteiger partial charge >= 0.3 is 0 Å². The smallest absolute Gasteiger partial charge is 0.212 e. The van der Waals surface area contributed by atoms with Crippen molar-refractivity contribution in [1.82, 2.24) is 20.2 Å². The molecule has 0 radical (unpaired) electrons. The lowest BCUT2D eigenvalue weighted by Crippen LogP contribution is -2.18. The van der Waals surface area contributed by atoms with Crippen LogP contribution in [0.3, 0.4) is 0 Å². The fraction of sp³-hybridized carbons (Fsp3) is 0.462. The Morgan fingerprint density at radius 1 is 1.40 bits per heavy atom. The van der Waals surface area contributed by atoms with Gasteiger partial charge in [-0.15, -0.1) is 10.2 Å². The van der Waals surface area contributed by atoms with Crippen LogP contribution in [0.25, 0.3) is 0 Å². The largest absolute Gasteiger partial charge is 0.493 e. The third kappa shape index (κ3) is 3.45. The van der Waals surface area contributed by atoms with E-state index in [1.165, 1.54) is 4.80 Å². The molecule has 1 aromatic heterocycles. The van der Waals surface area contributed by atoms with Crippen molar-refractivity contribution in [2.75, 3.05) is 7.11 Å². The van der Waals surface area contributed by atoms with Crippen molar-refractivity contribution >= 4 is 0 Å². The maximum absolute atomic E-state index is 5.86. The summed E-state index contributed by atoms with van der Waals surface area (Å²) in [4.78, 5) is 1.39. The fourth-order valence-corrected chi connectivity index (χ4v) is 1.91. The molecule has 7 heteroatoms. The maximum atomic E-state index is 5.86. The summed E-state index contributed by atoms with van der Waals surface area (Å²) in [6.07, 6.45) is 0.709. The third-order valence-corrected chi connectivity index (χ3v) is 2.72. The molecule has 108 valence electrons. The van der Waals surface area contributed by atoms with Gasteiger partial charge in [-0.3, -0.25) is 0 Å². The number of tetrazole rings is 1. The highest BCUT2D eigenvalue weighted by Crippen LogP contribution is 2.32. The van der Waals surface area contributed by atoms with Gasteiger partial charge in [0.1, 0.15) is 0 Å². The molecular formula is C13H19N5O2. The molecular weight excluding hydrogens is 258 g/mol. The number of aryl methyl sites for hydroxylation is 1. The van der Waals surface area contributed by atoms with E-state index in [-0.39, 0.29) is 12.6 Å². The highest BCUT2D eigenvalue weighted by molar-refractivity contribution is 5.47. The lowest BCUT2D eigenvalue weighted by Gasteiger charge is -2.15. The van der Waals surface area contributed by atoms with E-state index in [1.54, 1.807) is 14.2 Å². The number of aromatic nitrogens is 4. The van der Waals surface area contributed by atoms with Gasteiger partial charge in [0.15, 0.2) is 18.1 Å². The van der Waals surface area contributed by atoms with Crippen LogP contribution in [0.1, 0.15) is 18.3 Å². The van der Waals surface area contributed by atoms with E-state index in [0.29, 0.717) is 23.7 Å². The monoisotopic (exact) mass is 277 g/mol. The first-order chi connectivity index (χ1) is 9.60. The summed E-state index contributed by atoms with van der Waals surface area (Å²) >= 11 is 0. The number of nitrogens with two attached hydrogens (primary N) is 1. The number of para-hydroxylation sites is 1. The second-order valence-corrected chi connectivity index (χ2v) is 4.61. The van der Waals surface area contributed by atoms with Crippen molar-refractivity contribution in [1.29, 1.82) is 0 Å². The van der Waals surface area contributed by atoms with Gasteiger partial charge in [-0.25, -0.2) is 0 Å². The molecule has 0 saturated heterocycles. The minimum atomic E-state index is 0.0408. The number of methoxy groups -OCH3 is 1. The lowest BCUT2D eigenvalue weighted by atomic mass is 10.1. The van der Waals surface area contributed by atoms with Crippen LogP contribution in [0.15, 0.2) is 18.2 Å². The summed E-state index contributed by atoms with van der Waals surface area (Å²) in [5, 5.41) is 11.7. The molecule has 2 aromatic rings. The van der Waals surface area contributed by atoms with E-state index in [9.17, 15) is 0 Å². The molecule has 1 heterocycles. The van der Waals surface area contributed by atoms with Crippen LogP contribution in [-0.2, 0) is 20.1 Å². The first-order valence-corrected chi connectivity index (χ1v) is 6.37. The highest BCUT2D eigenvalue weighted by atomic mass is 16.5. The lowest BCUT2D eigenvalue weighted by molar-refractivity contribution is 0.272. The number of hydrogen-bond donors (Lipinski definition) is 1. The quantitative estimate of drug-likeness (QED) is 0.835. The summed E-state index contributed by atoms with van der Waals surface area (Å²) < 4.78 is 11.1. The molecule has 0 spiro atoms. The van der Waals surface area contributed by atoms with Crippen molar-refractivity contribution in [2.24, 2.45) is 12.8 Å². The summed E-state index contributed by atoms with van der Waals surface area (Å²) in [7, 11) is 3.32. The van der Waals surface area contributed by atoms with Crippen LogP contribution in [0, 0.1) is 0 Å². The van der Waals surface area contributed by atoms with Crippen molar-refractivity contribution in [3.05, 3.63) is 29.6 Å². The van der Waals surface area contributed by atoms with Crippen LogP contribution in [0.4, 0.5) is 0 Å². The van der Waals surface area contributed by atoms with Gasteiger partial charge in [-0.05, 0) is 30.2 Å². The second kappa shape index (κ2) is 6.33. The van der Waals surface area contributed by atoms with Gasteiger partial charge in [-0.1, -0.05) is 12.1 Å². The van der Waals surface area contributed by atoms with Gasteiger partial charge in [0.2, 0.25) is 5.82 Å². The van der Waals surface area contributed by atoms with Gasteiger partial charge in [0.05, 0.1) is 14.2 Å². The molecule has 20 heavy (non-hydrogen) atoms. The fourth-order valence-electron chi connectivity index (χ4n) is 1.91. The number of hydrogen-bond acceptors (Lipinski definition) is 6. The Balaban J connectivity index is 2.19. The summed E-state index contributed by atoms with van der Waals surface area (Å²) in [5.41, 5.74) is 6.86. The van der Waals surface area contributed by atoms with Gasteiger partial charge < -0.3 is 15.2 Å². The zero-order chi connectivity index (χ0) is 14.5. The van der Waals surface area contributed by atoms with Crippen LogP contribution in [0.2, 0.25) is 0 Å². The molecule has 0 aliphatic heterocycles. The molecule has 0 fully saturated rings. The molecule has 0 saturated carbocycles. The predicted octanol–water partition coefficient (Wildman–Crippen LogP) is 0.687. The Bertz CT molecular complexity index is 568. The molecule has 0 amide bonds. The number of nitrogens with zero attached hydrogens (tertiary/aromatic N) is 4. The standard InChI is InChI=1S/C13H19N5O2/c1-9(14)7-10-5-4-6-11(19-3)13(10)20-8-12-15-17-18(2)16-12/h4-6,9H,7-8,14H2,1-3H3. The summed E-state index contributed by atoms with van der Waals surface area (Å²) in [5.74, 6) is 1.87. The Morgan fingerprint density at radius 2 is 2.20 bits per heavy atom. The molecule has 0 aliphatic rings.